The summed E-state index contributed by atoms with van der Waals surface area (Å²) in [4.78, 5) is 21.1. The van der Waals surface area contributed by atoms with Gasteiger partial charge in [0.1, 0.15) is 6.33 Å². The summed E-state index contributed by atoms with van der Waals surface area (Å²) >= 11 is 3.44. The number of nitrogens with zero attached hydrogens (tertiary/aromatic N) is 3. The molecule has 0 aliphatic carbocycles. The third-order valence-corrected chi connectivity index (χ3v) is 5.00. The highest BCUT2D eigenvalue weighted by molar-refractivity contribution is 9.10. The molecule has 0 saturated carbocycles. The first kappa shape index (κ1) is 19.5. The molecule has 27 heavy (non-hydrogen) atoms. The lowest BCUT2D eigenvalue weighted by Gasteiger charge is -2.10. The van der Waals surface area contributed by atoms with Gasteiger partial charge in [0.05, 0.1) is 10.9 Å². The minimum atomic E-state index is -0.0685. The lowest BCUT2D eigenvalue weighted by Crippen LogP contribution is -2.14. The highest BCUT2D eigenvalue weighted by atomic mass is 79.9. The van der Waals surface area contributed by atoms with Gasteiger partial charge in [0.25, 0.3) is 0 Å². The van der Waals surface area contributed by atoms with Crippen molar-refractivity contribution in [2.75, 3.05) is 20.3 Å². The number of carbonyl (C=O) groups excluding carboxylic acids is 1. The van der Waals surface area contributed by atoms with Crippen molar-refractivity contribution in [1.29, 1.82) is 0 Å². The Balaban J connectivity index is 1.75. The lowest BCUT2D eigenvalue weighted by atomic mass is 10.1. The molecular weight excluding hydrogens is 410 g/mol. The van der Waals surface area contributed by atoms with Crippen LogP contribution in [-0.4, -0.2) is 40.6 Å². The second kappa shape index (κ2) is 8.63. The Morgan fingerprint density at radius 2 is 2.04 bits per heavy atom. The van der Waals surface area contributed by atoms with E-state index in [2.05, 4.69) is 30.5 Å². The van der Waals surface area contributed by atoms with E-state index in [-0.39, 0.29) is 12.4 Å². The molecule has 0 atom stereocenters. The average Bonchev–Trinajstić information content (AvgIpc) is 2.94. The van der Waals surface area contributed by atoms with E-state index in [1.54, 1.807) is 7.11 Å². The van der Waals surface area contributed by atoms with Crippen LogP contribution in [0, 0.1) is 13.8 Å². The Morgan fingerprint density at radius 3 is 2.81 bits per heavy atom. The zero-order valence-electron chi connectivity index (χ0n) is 15.7. The molecule has 2 aromatic heterocycles. The number of aryl methyl sites for hydroxylation is 1. The minimum Gasteiger partial charge on any atom is -0.469 e. The van der Waals surface area contributed by atoms with Gasteiger partial charge in [-0.1, -0.05) is 15.9 Å². The van der Waals surface area contributed by atoms with Crippen LogP contribution in [0.3, 0.4) is 0 Å². The molecule has 3 rings (SSSR count). The molecule has 0 bridgehead atoms. The molecule has 7 heteroatoms. The molecule has 0 spiro atoms. The zero-order chi connectivity index (χ0) is 19.4. The number of hydrogen-bond donors (Lipinski definition) is 0. The van der Waals surface area contributed by atoms with Crippen molar-refractivity contribution < 1.29 is 14.3 Å². The first-order valence-corrected chi connectivity index (χ1v) is 9.52. The maximum Gasteiger partial charge on any atom is 0.224 e. The van der Waals surface area contributed by atoms with E-state index < -0.39 is 0 Å². The molecule has 0 aliphatic heterocycles. The fourth-order valence-electron chi connectivity index (χ4n) is 3.13. The normalized spacial score (nSPS) is 11.1. The number of aromatic nitrogens is 3. The maximum atomic E-state index is 12.7. The van der Waals surface area contributed by atoms with Crippen LogP contribution in [-0.2, 0) is 11.3 Å². The van der Waals surface area contributed by atoms with E-state index in [0.29, 0.717) is 18.1 Å². The van der Waals surface area contributed by atoms with Crippen LogP contribution in [0.15, 0.2) is 35.1 Å². The van der Waals surface area contributed by atoms with Crippen LogP contribution < -0.4 is 4.74 Å². The number of benzene rings is 1. The smallest absolute Gasteiger partial charge is 0.224 e. The molecule has 0 unspecified atom stereocenters. The molecule has 2 heterocycles. The summed E-state index contributed by atoms with van der Waals surface area (Å²) in [6, 6.07) is 7.59. The number of ketones is 1. The van der Waals surface area contributed by atoms with E-state index in [4.69, 9.17) is 9.47 Å². The van der Waals surface area contributed by atoms with Crippen molar-refractivity contribution in [3.05, 3.63) is 52.0 Å². The molecule has 0 N–H and O–H groups in total. The predicted molar refractivity (Wildman–Crippen MR) is 107 cm³/mol. The number of Topliss-reactive ketones (excluding diaryl/α,β-unsaturated/α-hetero) is 1. The van der Waals surface area contributed by atoms with Crippen LogP contribution in [0.1, 0.15) is 28.2 Å². The minimum absolute atomic E-state index is 0.0668. The van der Waals surface area contributed by atoms with Gasteiger partial charge in [-0.2, -0.15) is 0 Å². The number of fused-ring (bicyclic) bond motifs is 1. The summed E-state index contributed by atoms with van der Waals surface area (Å²) in [7, 11) is 1.69. The van der Waals surface area contributed by atoms with Crippen molar-refractivity contribution >= 4 is 32.6 Å². The van der Waals surface area contributed by atoms with Gasteiger partial charge in [0.15, 0.2) is 6.61 Å². The molecule has 0 amide bonds. The highest BCUT2D eigenvalue weighted by Crippen LogP contribution is 2.25. The van der Waals surface area contributed by atoms with Gasteiger partial charge < -0.3 is 14.0 Å². The van der Waals surface area contributed by atoms with E-state index in [0.717, 1.165) is 39.7 Å². The fraction of sp³-hybridized carbons (Fsp3) is 0.350. The van der Waals surface area contributed by atoms with E-state index in [1.165, 1.54) is 6.33 Å². The van der Waals surface area contributed by atoms with Gasteiger partial charge in [0, 0.05) is 41.7 Å². The lowest BCUT2D eigenvalue weighted by molar-refractivity contribution is 0.0918. The molecule has 142 valence electrons. The molecule has 0 aliphatic rings. The summed E-state index contributed by atoms with van der Waals surface area (Å²) in [6.45, 7) is 5.42. The Labute approximate surface area is 166 Å². The number of hydrogen-bond acceptors (Lipinski definition) is 5. The third kappa shape index (κ3) is 4.36. The van der Waals surface area contributed by atoms with Crippen molar-refractivity contribution in [3.63, 3.8) is 0 Å². The number of halogens is 1. The number of carbonyl (C=O) groups is 1. The number of ether oxygens (including phenoxy) is 2. The predicted octanol–water partition coefficient (Wildman–Crippen LogP) is 4.11. The Bertz CT molecular complexity index is 969. The van der Waals surface area contributed by atoms with Crippen LogP contribution >= 0.6 is 15.9 Å². The maximum absolute atomic E-state index is 12.7. The zero-order valence-corrected chi connectivity index (χ0v) is 17.2. The Morgan fingerprint density at radius 1 is 1.22 bits per heavy atom. The molecule has 0 saturated heterocycles. The molecule has 0 radical (unpaired) electrons. The number of rotatable bonds is 8. The largest absolute Gasteiger partial charge is 0.469 e. The Hall–Kier alpha value is -2.25. The van der Waals surface area contributed by atoms with Gasteiger partial charge >= 0.3 is 0 Å². The van der Waals surface area contributed by atoms with Crippen molar-refractivity contribution in [2.45, 2.75) is 26.8 Å². The standard InChI is InChI=1S/C20H22BrN3O3/c1-13-9-16(14(2)24(13)7-4-8-26-3)19(25)11-27-20-17-10-15(21)5-6-18(17)22-12-23-20/h5-6,9-10,12H,4,7-8,11H2,1-3H3. The molecule has 0 fully saturated rings. The summed E-state index contributed by atoms with van der Waals surface area (Å²) in [5.74, 6) is 0.339. The van der Waals surface area contributed by atoms with Crippen LogP contribution in [0.25, 0.3) is 10.9 Å². The molecular formula is C20H22BrN3O3. The summed E-state index contributed by atoms with van der Waals surface area (Å²) in [5.41, 5.74) is 3.47. The first-order valence-electron chi connectivity index (χ1n) is 8.73. The second-order valence-electron chi connectivity index (χ2n) is 6.33. The summed E-state index contributed by atoms with van der Waals surface area (Å²) in [6.07, 6.45) is 2.34. The van der Waals surface area contributed by atoms with E-state index in [9.17, 15) is 4.79 Å². The van der Waals surface area contributed by atoms with Gasteiger partial charge in [-0.05, 0) is 44.5 Å². The fourth-order valence-corrected chi connectivity index (χ4v) is 3.49. The number of methoxy groups -OCH3 is 1. The quantitative estimate of drug-likeness (QED) is 0.396. The topological polar surface area (TPSA) is 66.2 Å². The second-order valence-corrected chi connectivity index (χ2v) is 7.25. The molecule has 6 nitrogen and oxygen atoms in total. The van der Waals surface area contributed by atoms with Gasteiger partial charge in [0.2, 0.25) is 11.7 Å². The molecule has 3 aromatic rings. The average molecular weight is 432 g/mol. The first-order chi connectivity index (χ1) is 13.0. The third-order valence-electron chi connectivity index (χ3n) is 4.51. The molecule has 1 aromatic carbocycles. The van der Waals surface area contributed by atoms with Crippen LogP contribution in [0.2, 0.25) is 0 Å². The van der Waals surface area contributed by atoms with E-state index >= 15 is 0 Å². The van der Waals surface area contributed by atoms with Crippen molar-refractivity contribution in [1.82, 2.24) is 14.5 Å². The SMILES string of the molecule is COCCCn1c(C)cc(C(=O)COc2ncnc3ccc(Br)cc23)c1C. The van der Waals surface area contributed by atoms with Gasteiger partial charge in [-0.3, -0.25) is 4.79 Å². The highest BCUT2D eigenvalue weighted by Gasteiger charge is 2.17. The van der Waals surface area contributed by atoms with E-state index in [1.807, 2.05) is 38.1 Å². The summed E-state index contributed by atoms with van der Waals surface area (Å²) < 4.78 is 13.9. The monoisotopic (exact) mass is 431 g/mol. The van der Waals surface area contributed by atoms with Crippen molar-refractivity contribution in [2.24, 2.45) is 0 Å². The van der Waals surface area contributed by atoms with Crippen LogP contribution in [0.5, 0.6) is 5.88 Å². The summed E-state index contributed by atoms with van der Waals surface area (Å²) in [5, 5.41) is 0.768. The van der Waals surface area contributed by atoms with Gasteiger partial charge in [-0.15, -0.1) is 0 Å². The van der Waals surface area contributed by atoms with Crippen LogP contribution in [0.4, 0.5) is 0 Å². The Kier molecular flexibility index (Phi) is 6.23. The van der Waals surface area contributed by atoms with Gasteiger partial charge in [-0.25, -0.2) is 9.97 Å². The van der Waals surface area contributed by atoms with Crippen molar-refractivity contribution in [3.8, 4) is 5.88 Å².